The van der Waals surface area contributed by atoms with Gasteiger partial charge in [0.05, 0.1) is 20.3 Å². The number of para-hydroxylation sites is 1. The molecule has 7 nitrogen and oxygen atoms in total. The molecule has 2 aromatic carbocycles. The predicted octanol–water partition coefficient (Wildman–Crippen LogP) is 5.81. The monoisotopic (exact) mass is 520 g/mol. The van der Waals surface area contributed by atoms with Gasteiger partial charge in [-0.3, -0.25) is 4.79 Å². The summed E-state index contributed by atoms with van der Waals surface area (Å²) >= 11 is 6.55. The topological polar surface area (TPSA) is 68.6 Å². The summed E-state index contributed by atoms with van der Waals surface area (Å²) in [5.41, 5.74) is 2.07. The number of fused-ring (bicyclic) bond motifs is 2. The maximum Gasteiger partial charge on any atom is 0.410 e. The fourth-order valence-corrected chi connectivity index (χ4v) is 5.15. The Kier molecular flexibility index (Phi) is 6.23. The van der Waals surface area contributed by atoms with E-state index < -0.39 is 24.2 Å². The number of hydrogen-bond donors (Lipinski definition) is 1. The molecule has 3 aromatic rings. The number of halogens is 4. The van der Waals surface area contributed by atoms with E-state index in [-0.39, 0.29) is 23.0 Å². The second-order valence-corrected chi connectivity index (χ2v) is 9.13. The smallest absolute Gasteiger partial charge is 0.410 e. The van der Waals surface area contributed by atoms with Gasteiger partial charge in [-0.1, -0.05) is 35.9 Å². The lowest BCUT2D eigenvalue weighted by molar-refractivity contribution is -0.173. The van der Waals surface area contributed by atoms with Crippen LogP contribution in [0.2, 0.25) is 5.02 Å². The minimum absolute atomic E-state index is 0.0429. The van der Waals surface area contributed by atoms with Crippen LogP contribution < -0.4 is 19.7 Å². The zero-order chi connectivity index (χ0) is 25.6. The summed E-state index contributed by atoms with van der Waals surface area (Å²) in [6.45, 7) is 0.429. The van der Waals surface area contributed by atoms with Gasteiger partial charge in [-0.2, -0.15) is 18.3 Å². The maximum atomic E-state index is 14.2. The zero-order valence-corrected chi connectivity index (χ0v) is 20.4. The van der Waals surface area contributed by atoms with Gasteiger partial charge >= 0.3 is 6.18 Å². The van der Waals surface area contributed by atoms with E-state index in [0.717, 1.165) is 28.8 Å². The van der Waals surface area contributed by atoms with Crippen molar-refractivity contribution in [2.45, 2.75) is 37.5 Å². The number of nitrogens with zero attached hydrogens (tertiary/aromatic N) is 3. The molecule has 2 aliphatic heterocycles. The number of amides is 1. The first-order valence-corrected chi connectivity index (χ1v) is 11.8. The van der Waals surface area contributed by atoms with Crippen molar-refractivity contribution >= 4 is 29.0 Å². The van der Waals surface area contributed by atoms with E-state index in [9.17, 15) is 18.0 Å². The van der Waals surface area contributed by atoms with Crippen molar-refractivity contribution in [2.24, 2.45) is 0 Å². The summed E-state index contributed by atoms with van der Waals surface area (Å²) in [5.74, 6) is 0.283. The van der Waals surface area contributed by atoms with Crippen molar-refractivity contribution in [2.75, 3.05) is 31.0 Å². The number of nitrogens with one attached hydrogen (secondary N) is 1. The highest BCUT2D eigenvalue weighted by molar-refractivity contribution is 6.36. The minimum Gasteiger partial charge on any atom is -0.493 e. The van der Waals surface area contributed by atoms with E-state index in [1.54, 1.807) is 18.2 Å². The number of benzene rings is 2. The van der Waals surface area contributed by atoms with Gasteiger partial charge in [-0.15, -0.1) is 0 Å². The van der Waals surface area contributed by atoms with Crippen LogP contribution in [0.5, 0.6) is 11.5 Å². The van der Waals surface area contributed by atoms with Crippen LogP contribution in [-0.4, -0.2) is 42.6 Å². The SMILES string of the molecule is COc1ccc(C2CC(C(F)(F)F)n3nc(C(=O)N4CCCc5ccccc54)c(Cl)c3N2)cc1OC. The molecule has 0 saturated heterocycles. The molecule has 36 heavy (non-hydrogen) atoms. The number of anilines is 2. The summed E-state index contributed by atoms with van der Waals surface area (Å²) in [6.07, 6.45) is -3.40. The lowest BCUT2D eigenvalue weighted by atomic mass is 9.96. The molecule has 0 spiro atoms. The van der Waals surface area contributed by atoms with Gasteiger partial charge in [0.15, 0.2) is 23.2 Å². The molecular weight excluding hydrogens is 497 g/mol. The molecule has 0 bridgehead atoms. The normalized spacial score (nSPS) is 19.2. The molecule has 2 atom stereocenters. The standard InChI is InChI=1S/C25H24ClF3N4O3/c1-35-18-10-9-15(12-19(18)36-2)16-13-20(25(27,28)29)33-23(30-16)21(26)22(31-33)24(34)32-11-5-7-14-6-3-4-8-17(14)32/h3-4,6,8-10,12,16,20,30H,5,7,11,13H2,1-2H3. The Hall–Kier alpha value is -3.40. The molecule has 2 aliphatic rings. The van der Waals surface area contributed by atoms with Crippen molar-refractivity contribution in [1.82, 2.24) is 9.78 Å². The molecule has 5 rings (SSSR count). The molecule has 0 radical (unpaired) electrons. The highest BCUT2D eigenvalue weighted by atomic mass is 35.5. The first-order valence-electron chi connectivity index (χ1n) is 11.5. The highest BCUT2D eigenvalue weighted by Crippen LogP contribution is 2.47. The van der Waals surface area contributed by atoms with Crippen molar-refractivity contribution in [1.29, 1.82) is 0 Å². The average molecular weight is 521 g/mol. The van der Waals surface area contributed by atoms with E-state index in [2.05, 4.69) is 10.4 Å². The van der Waals surface area contributed by atoms with E-state index in [4.69, 9.17) is 21.1 Å². The molecular formula is C25H24ClF3N4O3. The second kappa shape index (κ2) is 9.24. The maximum absolute atomic E-state index is 14.2. The highest BCUT2D eigenvalue weighted by Gasteiger charge is 2.48. The largest absolute Gasteiger partial charge is 0.493 e. The number of carbonyl (C=O) groups excluding carboxylic acids is 1. The van der Waals surface area contributed by atoms with E-state index in [1.807, 2.05) is 24.3 Å². The molecule has 0 saturated carbocycles. The van der Waals surface area contributed by atoms with Crippen LogP contribution in [0, 0.1) is 0 Å². The number of ether oxygens (including phenoxy) is 2. The fourth-order valence-electron chi connectivity index (χ4n) is 4.89. The Morgan fingerprint density at radius 1 is 1.14 bits per heavy atom. The van der Waals surface area contributed by atoms with Crippen LogP contribution in [0.1, 0.15) is 46.5 Å². The first-order chi connectivity index (χ1) is 17.2. The number of carbonyl (C=O) groups is 1. The van der Waals surface area contributed by atoms with Gasteiger partial charge in [0.2, 0.25) is 0 Å². The molecule has 1 amide bonds. The third-order valence-electron chi connectivity index (χ3n) is 6.66. The lowest BCUT2D eigenvalue weighted by Crippen LogP contribution is -2.37. The average Bonchev–Trinajstić information content (AvgIpc) is 3.22. The zero-order valence-electron chi connectivity index (χ0n) is 19.6. The Balaban J connectivity index is 1.54. The summed E-state index contributed by atoms with van der Waals surface area (Å²) in [6, 6.07) is 9.67. The molecule has 2 unspecified atom stereocenters. The van der Waals surface area contributed by atoms with Crippen LogP contribution in [0.15, 0.2) is 42.5 Å². The third-order valence-corrected chi connectivity index (χ3v) is 7.02. The summed E-state index contributed by atoms with van der Waals surface area (Å²) in [7, 11) is 2.94. The van der Waals surface area contributed by atoms with Gasteiger partial charge in [-0.25, -0.2) is 4.68 Å². The van der Waals surface area contributed by atoms with Gasteiger partial charge in [0, 0.05) is 18.7 Å². The molecule has 1 aromatic heterocycles. The Bertz CT molecular complexity index is 1310. The van der Waals surface area contributed by atoms with Crippen LogP contribution in [0.25, 0.3) is 0 Å². The predicted molar refractivity (Wildman–Crippen MR) is 129 cm³/mol. The second-order valence-electron chi connectivity index (χ2n) is 8.75. The van der Waals surface area contributed by atoms with Gasteiger partial charge in [-0.05, 0) is 42.2 Å². The number of aryl methyl sites for hydroxylation is 1. The fraction of sp³-hybridized carbons (Fsp3) is 0.360. The van der Waals surface area contributed by atoms with Crippen LogP contribution in [-0.2, 0) is 6.42 Å². The molecule has 3 heterocycles. The molecule has 1 N–H and O–H groups in total. The lowest BCUT2D eigenvalue weighted by Gasteiger charge is -2.33. The van der Waals surface area contributed by atoms with Crippen LogP contribution >= 0.6 is 11.6 Å². The molecule has 0 fully saturated rings. The van der Waals surface area contributed by atoms with Crippen molar-refractivity contribution < 1.29 is 27.4 Å². The van der Waals surface area contributed by atoms with Gasteiger partial charge in [0.1, 0.15) is 10.8 Å². The first kappa shape index (κ1) is 24.3. The number of rotatable bonds is 4. The van der Waals surface area contributed by atoms with Gasteiger partial charge < -0.3 is 19.7 Å². The van der Waals surface area contributed by atoms with Gasteiger partial charge in [0.25, 0.3) is 5.91 Å². The van der Waals surface area contributed by atoms with Crippen molar-refractivity contribution in [3.63, 3.8) is 0 Å². The summed E-state index contributed by atoms with van der Waals surface area (Å²) in [4.78, 5) is 15.0. The van der Waals surface area contributed by atoms with E-state index in [0.29, 0.717) is 23.6 Å². The number of alkyl halides is 3. The van der Waals surface area contributed by atoms with Crippen molar-refractivity contribution in [3.05, 3.63) is 64.3 Å². The third kappa shape index (κ3) is 4.13. The number of aromatic nitrogens is 2. The molecule has 0 aliphatic carbocycles. The quantitative estimate of drug-likeness (QED) is 0.470. The summed E-state index contributed by atoms with van der Waals surface area (Å²) < 4.78 is 53.9. The van der Waals surface area contributed by atoms with E-state index in [1.165, 1.54) is 19.1 Å². The Labute approximate surface area is 210 Å². The van der Waals surface area contributed by atoms with E-state index >= 15 is 0 Å². The summed E-state index contributed by atoms with van der Waals surface area (Å²) in [5, 5.41) is 7.04. The Morgan fingerprint density at radius 2 is 1.89 bits per heavy atom. The Morgan fingerprint density at radius 3 is 2.61 bits per heavy atom. The van der Waals surface area contributed by atoms with Crippen LogP contribution in [0.3, 0.4) is 0 Å². The molecule has 11 heteroatoms. The number of hydrogen-bond acceptors (Lipinski definition) is 5. The minimum atomic E-state index is -4.61. The van der Waals surface area contributed by atoms with Crippen LogP contribution in [0.4, 0.5) is 24.7 Å². The molecule has 190 valence electrons. The van der Waals surface area contributed by atoms with Crippen molar-refractivity contribution in [3.8, 4) is 11.5 Å². The number of methoxy groups -OCH3 is 2.